The van der Waals surface area contributed by atoms with E-state index in [0.717, 1.165) is 19.6 Å². The van der Waals surface area contributed by atoms with E-state index in [1.807, 2.05) is 0 Å². The first-order valence-electron chi connectivity index (χ1n) is 6.62. The molecule has 0 radical (unpaired) electrons. The summed E-state index contributed by atoms with van der Waals surface area (Å²) in [5.74, 6) is -0.820. The fourth-order valence-corrected chi connectivity index (χ4v) is 2.08. The third-order valence-corrected chi connectivity index (χ3v) is 3.02. The van der Waals surface area contributed by atoms with Gasteiger partial charge in [-0.05, 0) is 31.8 Å². The minimum Gasteiger partial charge on any atom is -0.348 e. The third kappa shape index (κ3) is 5.46. The number of likely N-dealkylation sites (tertiary alicyclic amines) is 1. The van der Waals surface area contributed by atoms with Crippen LogP contribution in [0.15, 0.2) is 0 Å². The number of carbonyl (C=O) groups is 2. The molecule has 1 fully saturated rings. The molecule has 0 aromatic rings. The molecular formula is C12H24N4O2. The standard InChI is InChI=1S/C12H24N4O2/c1-10(9-16-6-2-3-7-16)8-15-12(18)11(17)14-5-4-13/h10H,2-9,13H2,1H3,(H,14,17)(H,15,18). The van der Waals surface area contributed by atoms with Gasteiger partial charge in [-0.3, -0.25) is 9.59 Å². The summed E-state index contributed by atoms with van der Waals surface area (Å²) in [6, 6.07) is 0. The SMILES string of the molecule is CC(CNC(=O)C(=O)NCCN)CN1CCCC1. The Morgan fingerprint density at radius 2 is 1.83 bits per heavy atom. The van der Waals surface area contributed by atoms with Gasteiger partial charge in [0.1, 0.15) is 0 Å². The van der Waals surface area contributed by atoms with Crippen molar-refractivity contribution in [3.05, 3.63) is 0 Å². The summed E-state index contributed by atoms with van der Waals surface area (Å²) in [6.45, 7) is 6.55. The van der Waals surface area contributed by atoms with Crippen LogP contribution in [0.4, 0.5) is 0 Å². The molecule has 18 heavy (non-hydrogen) atoms. The van der Waals surface area contributed by atoms with Crippen LogP contribution in [0.2, 0.25) is 0 Å². The maximum atomic E-state index is 11.4. The molecule has 0 saturated carbocycles. The monoisotopic (exact) mass is 256 g/mol. The largest absolute Gasteiger partial charge is 0.348 e. The number of rotatable bonds is 6. The first-order valence-corrected chi connectivity index (χ1v) is 6.62. The van der Waals surface area contributed by atoms with Gasteiger partial charge >= 0.3 is 11.8 Å². The lowest BCUT2D eigenvalue weighted by atomic mass is 10.1. The van der Waals surface area contributed by atoms with Crippen molar-refractivity contribution in [1.29, 1.82) is 0 Å². The Morgan fingerprint density at radius 1 is 1.22 bits per heavy atom. The van der Waals surface area contributed by atoms with E-state index in [9.17, 15) is 9.59 Å². The van der Waals surface area contributed by atoms with Crippen molar-refractivity contribution in [3.8, 4) is 0 Å². The van der Waals surface area contributed by atoms with Crippen LogP contribution >= 0.6 is 0 Å². The van der Waals surface area contributed by atoms with E-state index < -0.39 is 11.8 Å². The van der Waals surface area contributed by atoms with Crippen LogP contribution in [0.5, 0.6) is 0 Å². The molecule has 1 atom stereocenters. The predicted molar refractivity (Wildman–Crippen MR) is 69.9 cm³/mol. The quantitative estimate of drug-likeness (QED) is 0.527. The molecule has 6 heteroatoms. The topological polar surface area (TPSA) is 87.5 Å². The lowest BCUT2D eigenvalue weighted by molar-refractivity contribution is -0.139. The molecule has 0 aromatic carbocycles. The smallest absolute Gasteiger partial charge is 0.309 e. The number of nitrogens with zero attached hydrogens (tertiary/aromatic N) is 1. The number of hydrogen-bond donors (Lipinski definition) is 3. The van der Waals surface area contributed by atoms with Gasteiger partial charge in [-0.25, -0.2) is 0 Å². The summed E-state index contributed by atoms with van der Waals surface area (Å²) in [5, 5.41) is 5.09. The van der Waals surface area contributed by atoms with Gasteiger partial charge in [0, 0.05) is 26.2 Å². The van der Waals surface area contributed by atoms with E-state index >= 15 is 0 Å². The molecule has 1 unspecified atom stereocenters. The fourth-order valence-electron chi connectivity index (χ4n) is 2.08. The molecule has 1 aliphatic heterocycles. The average molecular weight is 256 g/mol. The highest BCUT2D eigenvalue weighted by Gasteiger charge is 2.17. The molecule has 0 bridgehead atoms. The Morgan fingerprint density at radius 3 is 2.44 bits per heavy atom. The Hall–Kier alpha value is -1.14. The molecule has 1 aliphatic rings. The van der Waals surface area contributed by atoms with E-state index in [2.05, 4.69) is 22.5 Å². The molecule has 0 aliphatic carbocycles. The van der Waals surface area contributed by atoms with Crippen molar-refractivity contribution in [1.82, 2.24) is 15.5 Å². The minimum atomic E-state index is -0.603. The highest BCUT2D eigenvalue weighted by atomic mass is 16.2. The van der Waals surface area contributed by atoms with Gasteiger partial charge in [0.2, 0.25) is 0 Å². The maximum absolute atomic E-state index is 11.4. The van der Waals surface area contributed by atoms with Gasteiger partial charge in [0.15, 0.2) is 0 Å². The molecule has 1 heterocycles. The zero-order valence-electron chi connectivity index (χ0n) is 11.1. The third-order valence-electron chi connectivity index (χ3n) is 3.02. The first kappa shape index (κ1) is 14.9. The van der Waals surface area contributed by atoms with Crippen LogP contribution in [0.3, 0.4) is 0 Å². The van der Waals surface area contributed by atoms with Gasteiger partial charge in [-0.2, -0.15) is 0 Å². The van der Waals surface area contributed by atoms with Crippen LogP contribution in [-0.4, -0.2) is 56.0 Å². The molecule has 1 saturated heterocycles. The number of carbonyl (C=O) groups excluding carboxylic acids is 2. The van der Waals surface area contributed by atoms with Gasteiger partial charge in [0.05, 0.1) is 0 Å². The molecule has 6 nitrogen and oxygen atoms in total. The van der Waals surface area contributed by atoms with Crippen molar-refractivity contribution in [3.63, 3.8) is 0 Å². The normalized spacial score (nSPS) is 17.4. The predicted octanol–water partition coefficient (Wildman–Crippen LogP) is -1.09. The number of hydrogen-bond acceptors (Lipinski definition) is 4. The summed E-state index contributed by atoms with van der Waals surface area (Å²) < 4.78 is 0. The lowest BCUT2D eigenvalue weighted by Gasteiger charge is -2.20. The van der Waals surface area contributed by atoms with E-state index in [1.165, 1.54) is 12.8 Å². The number of nitrogens with two attached hydrogens (primary N) is 1. The van der Waals surface area contributed by atoms with Crippen molar-refractivity contribution < 1.29 is 9.59 Å². The summed E-state index contributed by atoms with van der Waals surface area (Å²) in [5.41, 5.74) is 5.24. The van der Waals surface area contributed by atoms with Gasteiger partial charge in [0.25, 0.3) is 0 Å². The Bertz CT molecular complexity index is 277. The van der Waals surface area contributed by atoms with Crippen LogP contribution in [0.1, 0.15) is 19.8 Å². The maximum Gasteiger partial charge on any atom is 0.309 e. The van der Waals surface area contributed by atoms with Crippen LogP contribution in [-0.2, 0) is 9.59 Å². The van der Waals surface area contributed by atoms with Crippen LogP contribution in [0.25, 0.3) is 0 Å². The van der Waals surface area contributed by atoms with Crippen molar-refractivity contribution in [2.45, 2.75) is 19.8 Å². The Kier molecular flexibility index (Phi) is 6.67. The molecule has 4 N–H and O–H groups in total. The second-order valence-corrected chi connectivity index (χ2v) is 4.87. The van der Waals surface area contributed by atoms with E-state index in [1.54, 1.807) is 0 Å². The Balaban J connectivity index is 2.14. The summed E-state index contributed by atoms with van der Waals surface area (Å²) >= 11 is 0. The lowest BCUT2D eigenvalue weighted by Crippen LogP contribution is -2.43. The molecular weight excluding hydrogens is 232 g/mol. The van der Waals surface area contributed by atoms with Gasteiger partial charge in [-0.1, -0.05) is 6.92 Å². The Labute approximate surface area is 108 Å². The minimum absolute atomic E-state index is 0.329. The first-order chi connectivity index (χ1) is 8.63. The summed E-state index contributed by atoms with van der Waals surface area (Å²) in [4.78, 5) is 25.1. The van der Waals surface area contributed by atoms with Crippen molar-refractivity contribution >= 4 is 11.8 Å². The second-order valence-electron chi connectivity index (χ2n) is 4.87. The highest BCUT2D eigenvalue weighted by molar-refractivity contribution is 6.35. The fraction of sp³-hybridized carbons (Fsp3) is 0.833. The zero-order valence-corrected chi connectivity index (χ0v) is 11.1. The van der Waals surface area contributed by atoms with Gasteiger partial charge in [-0.15, -0.1) is 0 Å². The van der Waals surface area contributed by atoms with Crippen LogP contribution in [0, 0.1) is 5.92 Å². The molecule has 2 amide bonds. The summed E-state index contributed by atoms with van der Waals surface area (Å²) in [6.07, 6.45) is 2.53. The number of amides is 2. The second kappa shape index (κ2) is 8.05. The van der Waals surface area contributed by atoms with E-state index in [0.29, 0.717) is 25.6 Å². The van der Waals surface area contributed by atoms with Crippen molar-refractivity contribution in [2.75, 3.05) is 39.3 Å². The van der Waals surface area contributed by atoms with E-state index in [4.69, 9.17) is 5.73 Å². The summed E-state index contributed by atoms with van der Waals surface area (Å²) in [7, 11) is 0. The van der Waals surface area contributed by atoms with Crippen molar-refractivity contribution in [2.24, 2.45) is 11.7 Å². The molecule has 0 aromatic heterocycles. The number of nitrogens with one attached hydrogen (secondary N) is 2. The highest BCUT2D eigenvalue weighted by Crippen LogP contribution is 2.09. The van der Waals surface area contributed by atoms with Gasteiger partial charge < -0.3 is 21.3 Å². The van der Waals surface area contributed by atoms with Crippen LogP contribution < -0.4 is 16.4 Å². The average Bonchev–Trinajstić information content (AvgIpc) is 2.85. The zero-order chi connectivity index (χ0) is 13.4. The molecule has 0 spiro atoms. The molecule has 104 valence electrons. The molecule has 1 rings (SSSR count). The van der Waals surface area contributed by atoms with E-state index in [-0.39, 0.29) is 0 Å².